The van der Waals surface area contributed by atoms with Crippen LogP contribution < -0.4 is 0 Å². The van der Waals surface area contributed by atoms with Crippen LogP contribution >= 0.6 is 0 Å². The topological polar surface area (TPSA) is 63.6 Å². The number of benzene rings is 1. The molecule has 17 heavy (non-hydrogen) atoms. The van der Waals surface area contributed by atoms with Crippen LogP contribution in [0.15, 0.2) is 18.2 Å². The van der Waals surface area contributed by atoms with Crippen LogP contribution in [0.2, 0.25) is 0 Å². The Morgan fingerprint density at radius 3 is 3.00 bits per heavy atom. The molecule has 1 heterocycles. The number of cyclic esters (lactones) is 1. The molecule has 0 saturated carbocycles. The van der Waals surface area contributed by atoms with Crippen molar-refractivity contribution in [1.82, 2.24) is 0 Å². The fourth-order valence-corrected chi connectivity index (χ4v) is 2.09. The number of hydrogen-bond acceptors (Lipinski definition) is 4. The van der Waals surface area contributed by atoms with E-state index in [0.29, 0.717) is 24.2 Å². The van der Waals surface area contributed by atoms with E-state index in [1.165, 1.54) is 6.92 Å². The summed E-state index contributed by atoms with van der Waals surface area (Å²) in [4.78, 5) is 22.5. The number of esters is 1. The maximum Gasteiger partial charge on any atom is 0.338 e. The number of carbonyl (C=O) groups is 2. The zero-order valence-electron chi connectivity index (χ0n) is 9.60. The summed E-state index contributed by atoms with van der Waals surface area (Å²) in [5.74, 6) is -0.434. The lowest BCUT2D eigenvalue weighted by molar-refractivity contribution is -0.118. The van der Waals surface area contributed by atoms with Gasteiger partial charge in [-0.2, -0.15) is 0 Å². The maximum atomic E-state index is 11.5. The van der Waals surface area contributed by atoms with E-state index < -0.39 is 6.10 Å². The maximum absolute atomic E-state index is 11.5. The van der Waals surface area contributed by atoms with Gasteiger partial charge in [0.05, 0.1) is 18.3 Å². The highest BCUT2D eigenvalue weighted by atomic mass is 16.5. The van der Waals surface area contributed by atoms with Gasteiger partial charge in [-0.15, -0.1) is 0 Å². The van der Waals surface area contributed by atoms with Gasteiger partial charge in [0.1, 0.15) is 5.78 Å². The molecule has 0 saturated heterocycles. The number of ketones is 1. The zero-order chi connectivity index (χ0) is 12.4. The monoisotopic (exact) mass is 234 g/mol. The van der Waals surface area contributed by atoms with Crippen molar-refractivity contribution in [3.05, 3.63) is 34.9 Å². The first-order valence-electron chi connectivity index (χ1n) is 5.56. The highest BCUT2D eigenvalue weighted by molar-refractivity contribution is 5.92. The molecule has 1 aliphatic heterocycles. The Bertz CT molecular complexity index is 464. The Hall–Kier alpha value is -1.68. The van der Waals surface area contributed by atoms with Crippen LogP contribution in [-0.2, 0) is 16.0 Å². The standard InChI is InChI=1S/C13H14O4/c1-8(14)7-12(15)10-3-2-4-11-9(10)5-6-17-13(11)16/h2-4,12,15H,5-7H2,1H3/t12-/m0/s1. The molecule has 0 radical (unpaired) electrons. The third kappa shape index (κ3) is 2.36. The van der Waals surface area contributed by atoms with Crippen molar-refractivity contribution >= 4 is 11.8 Å². The van der Waals surface area contributed by atoms with E-state index in [4.69, 9.17) is 4.74 Å². The van der Waals surface area contributed by atoms with Gasteiger partial charge in [0.25, 0.3) is 0 Å². The lowest BCUT2D eigenvalue weighted by atomic mass is 9.92. The van der Waals surface area contributed by atoms with Gasteiger partial charge in [-0.3, -0.25) is 4.79 Å². The van der Waals surface area contributed by atoms with E-state index in [2.05, 4.69) is 0 Å². The quantitative estimate of drug-likeness (QED) is 0.803. The van der Waals surface area contributed by atoms with Crippen molar-refractivity contribution in [2.75, 3.05) is 6.61 Å². The van der Waals surface area contributed by atoms with E-state index >= 15 is 0 Å². The molecular weight excluding hydrogens is 220 g/mol. The number of aliphatic hydroxyl groups excluding tert-OH is 1. The second-order valence-corrected chi connectivity index (χ2v) is 4.18. The summed E-state index contributed by atoms with van der Waals surface area (Å²) in [6.07, 6.45) is -0.175. The van der Waals surface area contributed by atoms with E-state index in [0.717, 1.165) is 5.56 Å². The molecule has 1 N–H and O–H groups in total. The first-order valence-corrected chi connectivity index (χ1v) is 5.56. The van der Waals surface area contributed by atoms with Gasteiger partial charge in [0.15, 0.2) is 0 Å². The van der Waals surface area contributed by atoms with Gasteiger partial charge in [0, 0.05) is 12.8 Å². The van der Waals surface area contributed by atoms with Crippen molar-refractivity contribution in [1.29, 1.82) is 0 Å². The summed E-state index contributed by atoms with van der Waals surface area (Å²) in [6, 6.07) is 5.13. The molecule has 2 rings (SSSR count). The van der Waals surface area contributed by atoms with Gasteiger partial charge >= 0.3 is 5.97 Å². The van der Waals surface area contributed by atoms with E-state index in [1.807, 2.05) is 0 Å². The molecule has 0 bridgehead atoms. The van der Waals surface area contributed by atoms with E-state index in [1.54, 1.807) is 18.2 Å². The molecule has 0 spiro atoms. The van der Waals surface area contributed by atoms with E-state index in [-0.39, 0.29) is 18.2 Å². The normalized spacial score (nSPS) is 16.0. The average Bonchev–Trinajstić information content (AvgIpc) is 2.28. The molecule has 0 fully saturated rings. The Kier molecular flexibility index (Phi) is 3.24. The number of rotatable bonds is 3. The molecule has 4 heteroatoms. The van der Waals surface area contributed by atoms with Crippen LogP contribution in [0.4, 0.5) is 0 Å². The van der Waals surface area contributed by atoms with Crippen molar-refractivity contribution in [3.63, 3.8) is 0 Å². The first-order chi connectivity index (χ1) is 8.09. The summed E-state index contributed by atoms with van der Waals surface area (Å²) < 4.78 is 4.93. The minimum absolute atomic E-state index is 0.0749. The van der Waals surface area contributed by atoms with Gasteiger partial charge in [-0.05, 0) is 24.1 Å². The number of hydrogen-bond donors (Lipinski definition) is 1. The molecule has 1 aliphatic rings. The smallest absolute Gasteiger partial charge is 0.338 e. The number of aliphatic hydroxyl groups is 1. The van der Waals surface area contributed by atoms with Crippen molar-refractivity contribution in [2.24, 2.45) is 0 Å². The molecule has 0 aromatic heterocycles. The van der Waals surface area contributed by atoms with Crippen molar-refractivity contribution < 1.29 is 19.4 Å². The van der Waals surface area contributed by atoms with Crippen LogP contribution in [0, 0.1) is 0 Å². The van der Waals surface area contributed by atoms with Gasteiger partial charge in [-0.25, -0.2) is 4.79 Å². The predicted molar refractivity (Wildman–Crippen MR) is 60.7 cm³/mol. The molecule has 0 amide bonds. The molecule has 0 unspecified atom stereocenters. The van der Waals surface area contributed by atoms with Gasteiger partial charge < -0.3 is 9.84 Å². The summed E-state index contributed by atoms with van der Waals surface area (Å²) in [6.45, 7) is 1.77. The second kappa shape index (κ2) is 4.67. The minimum atomic E-state index is -0.839. The Labute approximate surface area is 99.2 Å². The molecule has 0 aliphatic carbocycles. The van der Waals surface area contributed by atoms with Crippen molar-refractivity contribution in [3.8, 4) is 0 Å². The fourth-order valence-electron chi connectivity index (χ4n) is 2.09. The molecule has 1 atom stereocenters. The molecule has 1 aromatic carbocycles. The van der Waals surface area contributed by atoms with Crippen LogP contribution in [0.25, 0.3) is 0 Å². The van der Waals surface area contributed by atoms with Crippen LogP contribution in [0.5, 0.6) is 0 Å². The first kappa shape index (κ1) is 11.8. The number of ether oxygens (including phenoxy) is 1. The SMILES string of the molecule is CC(=O)C[C@H](O)c1cccc2c1CCOC2=O. The lowest BCUT2D eigenvalue weighted by Gasteiger charge is -2.21. The molecule has 90 valence electrons. The summed E-state index contributed by atoms with van der Waals surface area (Å²) in [7, 11) is 0. The number of fused-ring (bicyclic) bond motifs is 1. The van der Waals surface area contributed by atoms with Crippen LogP contribution in [-0.4, -0.2) is 23.5 Å². The molecule has 4 nitrogen and oxygen atoms in total. The summed E-state index contributed by atoms with van der Waals surface area (Å²) in [5, 5.41) is 9.96. The number of carbonyl (C=O) groups excluding carboxylic acids is 2. The largest absolute Gasteiger partial charge is 0.462 e. The Balaban J connectivity index is 2.38. The lowest BCUT2D eigenvalue weighted by Crippen LogP contribution is -2.20. The highest BCUT2D eigenvalue weighted by Crippen LogP contribution is 2.27. The zero-order valence-corrected chi connectivity index (χ0v) is 9.60. The Morgan fingerprint density at radius 1 is 1.53 bits per heavy atom. The van der Waals surface area contributed by atoms with Crippen LogP contribution in [0.1, 0.15) is 40.9 Å². The summed E-state index contributed by atoms with van der Waals surface area (Å²) >= 11 is 0. The fraction of sp³-hybridized carbons (Fsp3) is 0.385. The predicted octanol–water partition coefficient (Wildman–Crippen LogP) is 1.41. The van der Waals surface area contributed by atoms with Crippen LogP contribution in [0.3, 0.4) is 0 Å². The average molecular weight is 234 g/mol. The van der Waals surface area contributed by atoms with Crippen molar-refractivity contribution in [2.45, 2.75) is 25.9 Å². The van der Waals surface area contributed by atoms with E-state index in [9.17, 15) is 14.7 Å². The number of Topliss-reactive ketones (excluding diaryl/α,β-unsaturated/α-hetero) is 1. The molecular formula is C13H14O4. The minimum Gasteiger partial charge on any atom is -0.462 e. The highest BCUT2D eigenvalue weighted by Gasteiger charge is 2.23. The Morgan fingerprint density at radius 2 is 2.29 bits per heavy atom. The second-order valence-electron chi connectivity index (χ2n) is 4.18. The molecule has 1 aromatic rings. The third-order valence-corrected chi connectivity index (χ3v) is 2.86. The van der Waals surface area contributed by atoms with Gasteiger partial charge in [-0.1, -0.05) is 12.1 Å². The third-order valence-electron chi connectivity index (χ3n) is 2.86. The van der Waals surface area contributed by atoms with Gasteiger partial charge in [0.2, 0.25) is 0 Å². The summed E-state index contributed by atoms with van der Waals surface area (Å²) in [5.41, 5.74) is 1.96.